The normalized spacial score (nSPS) is 10.7. The molecule has 0 unspecified atom stereocenters. The molecule has 4 nitrogen and oxygen atoms in total. The van der Waals surface area contributed by atoms with Gasteiger partial charge in [-0.1, -0.05) is 29.8 Å². The molecule has 2 rings (SSSR count). The number of aliphatic carboxylic acids is 1. The van der Waals surface area contributed by atoms with Gasteiger partial charge in [-0.2, -0.15) is 0 Å². The minimum absolute atomic E-state index is 0.213. The Morgan fingerprint density at radius 3 is 2.71 bits per heavy atom. The van der Waals surface area contributed by atoms with Crippen LogP contribution in [0, 0.1) is 0 Å². The average molecular weight is 322 g/mol. The number of hydrogen-bond donors (Lipinski definition) is 2. The molecule has 0 spiro atoms. The fraction of sp³-hybridized carbons (Fsp3) is 0.0667. The van der Waals surface area contributed by atoms with E-state index in [1.54, 1.807) is 18.2 Å². The molecule has 21 heavy (non-hydrogen) atoms. The van der Waals surface area contributed by atoms with Crippen molar-refractivity contribution < 1.29 is 14.7 Å². The molecule has 0 saturated heterocycles. The number of thiophene rings is 1. The van der Waals surface area contributed by atoms with E-state index in [0.717, 1.165) is 11.6 Å². The molecule has 0 atom stereocenters. The summed E-state index contributed by atoms with van der Waals surface area (Å²) in [4.78, 5) is 23.7. The van der Waals surface area contributed by atoms with Crippen molar-refractivity contribution in [3.05, 3.63) is 62.8 Å². The van der Waals surface area contributed by atoms with Crippen LogP contribution in [0.4, 0.5) is 0 Å². The number of amides is 1. The highest BCUT2D eigenvalue weighted by molar-refractivity contribution is 7.14. The average Bonchev–Trinajstić information content (AvgIpc) is 2.93. The van der Waals surface area contributed by atoms with Crippen LogP contribution in [0.5, 0.6) is 0 Å². The Bertz CT molecular complexity index is 694. The molecule has 1 aromatic carbocycles. The van der Waals surface area contributed by atoms with E-state index in [2.05, 4.69) is 5.32 Å². The maximum atomic E-state index is 12.0. The Hall–Kier alpha value is -2.11. The van der Waals surface area contributed by atoms with E-state index < -0.39 is 5.97 Å². The van der Waals surface area contributed by atoms with Crippen LogP contribution in [0.2, 0.25) is 5.02 Å². The van der Waals surface area contributed by atoms with Crippen LogP contribution < -0.4 is 5.32 Å². The Kier molecular flexibility index (Phi) is 5.14. The number of carbonyl (C=O) groups excluding carboxylic acids is 1. The van der Waals surface area contributed by atoms with Crippen LogP contribution >= 0.6 is 22.9 Å². The summed E-state index contributed by atoms with van der Waals surface area (Å²) in [5.41, 5.74) is 0.843. The van der Waals surface area contributed by atoms with Gasteiger partial charge in [0, 0.05) is 22.5 Å². The lowest BCUT2D eigenvalue weighted by atomic mass is 10.2. The fourth-order valence-electron chi connectivity index (χ4n) is 1.62. The molecule has 1 amide bonds. The Labute approximate surface area is 130 Å². The maximum absolute atomic E-state index is 12.0. The predicted octanol–water partition coefficient (Wildman–Crippen LogP) is 3.43. The van der Waals surface area contributed by atoms with Crippen molar-refractivity contribution >= 4 is 40.9 Å². The molecular formula is C15H12ClNO3S. The fourth-order valence-corrected chi connectivity index (χ4v) is 2.65. The van der Waals surface area contributed by atoms with Crippen molar-refractivity contribution in [3.8, 4) is 0 Å². The molecule has 2 N–H and O–H groups in total. The number of carboxylic acids is 1. The summed E-state index contributed by atoms with van der Waals surface area (Å²) >= 11 is 7.24. The molecular weight excluding hydrogens is 310 g/mol. The van der Waals surface area contributed by atoms with Crippen molar-refractivity contribution in [2.75, 3.05) is 0 Å². The van der Waals surface area contributed by atoms with Gasteiger partial charge in [0.2, 0.25) is 0 Å². The monoisotopic (exact) mass is 321 g/mol. The second kappa shape index (κ2) is 7.06. The van der Waals surface area contributed by atoms with Gasteiger partial charge in [-0.05, 0) is 29.8 Å². The van der Waals surface area contributed by atoms with Crippen LogP contribution in [0.25, 0.3) is 6.08 Å². The zero-order chi connectivity index (χ0) is 15.2. The van der Waals surface area contributed by atoms with E-state index in [0.29, 0.717) is 21.3 Å². The van der Waals surface area contributed by atoms with E-state index in [1.807, 2.05) is 18.2 Å². The molecule has 0 saturated carbocycles. The van der Waals surface area contributed by atoms with Crippen LogP contribution in [0.1, 0.15) is 20.1 Å². The second-order valence-corrected chi connectivity index (χ2v) is 5.67. The van der Waals surface area contributed by atoms with Gasteiger partial charge in [-0.15, -0.1) is 11.3 Å². The van der Waals surface area contributed by atoms with Crippen molar-refractivity contribution in [2.24, 2.45) is 0 Å². The van der Waals surface area contributed by atoms with Gasteiger partial charge in [0.15, 0.2) is 0 Å². The summed E-state index contributed by atoms with van der Waals surface area (Å²) in [6.45, 7) is 0.344. The quantitative estimate of drug-likeness (QED) is 0.829. The maximum Gasteiger partial charge on any atom is 0.328 e. The van der Waals surface area contributed by atoms with E-state index in [1.165, 1.54) is 17.4 Å². The highest BCUT2D eigenvalue weighted by Gasteiger charge is 2.09. The highest BCUT2D eigenvalue weighted by atomic mass is 35.5. The standard InChI is InChI=1S/C15H12ClNO3S/c16-12-4-2-1-3-10(12)9-17-15(20)13-7-5-11(21-13)6-8-14(18)19/h1-8H,9H2,(H,17,20)(H,18,19). The first kappa shape index (κ1) is 15.3. The Morgan fingerprint density at radius 1 is 1.24 bits per heavy atom. The van der Waals surface area contributed by atoms with Gasteiger partial charge in [-0.25, -0.2) is 4.79 Å². The molecule has 1 heterocycles. The number of halogens is 1. The summed E-state index contributed by atoms with van der Waals surface area (Å²) in [5.74, 6) is -1.23. The van der Waals surface area contributed by atoms with Gasteiger partial charge in [-0.3, -0.25) is 4.79 Å². The number of nitrogens with one attached hydrogen (secondary N) is 1. The second-order valence-electron chi connectivity index (χ2n) is 4.15. The van der Waals surface area contributed by atoms with Gasteiger partial charge >= 0.3 is 5.97 Å². The molecule has 2 aromatic rings. The first-order valence-corrected chi connectivity index (χ1v) is 7.28. The number of rotatable bonds is 5. The number of carbonyl (C=O) groups is 2. The van der Waals surface area contributed by atoms with Crippen molar-refractivity contribution in [1.29, 1.82) is 0 Å². The zero-order valence-corrected chi connectivity index (χ0v) is 12.4. The lowest BCUT2D eigenvalue weighted by molar-refractivity contribution is -0.131. The van der Waals surface area contributed by atoms with Crippen LogP contribution in [0.3, 0.4) is 0 Å². The van der Waals surface area contributed by atoms with E-state index in [9.17, 15) is 9.59 Å². The summed E-state index contributed by atoms with van der Waals surface area (Å²) < 4.78 is 0. The first-order valence-electron chi connectivity index (χ1n) is 6.08. The van der Waals surface area contributed by atoms with Gasteiger partial charge in [0.1, 0.15) is 0 Å². The minimum atomic E-state index is -1.02. The largest absolute Gasteiger partial charge is 0.478 e. The van der Waals surface area contributed by atoms with Crippen molar-refractivity contribution in [3.63, 3.8) is 0 Å². The number of hydrogen-bond acceptors (Lipinski definition) is 3. The molecule has 108 valence electrons. The smallest absolute Gasteiger partial charge is 0.328 e. The summed E-state index contributed by atoms with van der Waals surface area (Å²) in [5, 5.41) is 11.9. The predicted molar refractivity (Wildman–Crippen MR) is 83.6 cm³/mol. The van der Waals surface area contributed by atoms with Crippen molar-refractivity contribution in [1.82, 2.24) is 5.32 Å². The highest BCUT2D eigenvalue weighted by Crippen LogP contribution is 2.19. The van der Waals surface area contributed by atoms with Crippen LogP contribution in [-0.2, 0) is 11.3 Å². The Balaban J connectivity index is 1.98. The topological polar surface area (TPSA) is 66.4 Å². The van der Waals surface area contributed by atoms with E-state index >= 15 is 0 Å². The first-order chi connectivity index (χ1) is 10.1. The van der Waals surface area contributed by atoms with Gasteiger partial charge in [0.05, 0.1) is 4.88 Å². The Morgan fingerprint density at radius 2 is 2.00 bits per heavy atom. The molecule has 0 radical (unpaired) electrons. The lowest BCUT2D eigenvalue weighted by Gasteiger charge is -2.05. The molecule has 0 bridgehead atoms. The lowest BCUT2D eigenvalue weighted by Crippen LogP contribution is -2.21. The zero-order valence-electron chi connectivity index (χ0n) is 10.9. The molecule has 0 aliphatic carbocycles. The van der Waals surface area contributed by atoms with E-state index in [-0.39, 0.29) is 5.91 Å². The molecule has 0 fully saturated rings. The molecule has 1 aromatic heterocycles. The number of carboxylic acid groups (broad SMARTS) is 1. The minimum Gasteiger partial charge on any atom is -0.478 e. The third kappa shape index (κ3) is 4.44. The SMILES string of the molecule is O=C(O)C=Cc1ccc(C(=O)NCc2ccccc2Cl)s1. The summed E-state index contributed by atoms with van der Waals surface area (Å²) in [6.07, 6.45) is 2.50. The third-order valence-corrected chi connectivity index (χ3v) is 4.06. The van der Waals surface area contributed by atoms with Gasteiger partial charge < -0.3 is 10.4 Å². The van der Waals surface area contributed by atoms with Crippen LogP contribution in [0.15, 0.2) is 42.5 Å². The molecule has 6 heteroatoms. The summed E-state index contributed by atoms with van der Waals surface area (Å²) in [6, 6.07) is 10.7. The molecule has 0 aliphatic heterocycles. The van der Waals surface area contributed by atoms with Crippen LogP contribution in [-0.4, -0.2) is 17.0 Å². The third-order valence-electron chi connectivity index (χ3n) is 2.64. The summed E-state index contributed by atoms with van der Waals surface area (Å²) in [7, 11) is 0. The number of benzene rings is 1. The van der Waals surface area contributed by atoms with Crippen molar-refractivity contribution in [2.45, 2.75) is 6.54 Å². The van der Waals surface area contributed by atoms with E-state index in [4.69, 9.17) is 16.7 Å². The van der Waals surface area contributed by atoms with Gasteiger partial charge in [0.25, 0.3) is 5.91 Å². The molecule has 0 aliphatic rings.